The minimum absolute atomic E-state index is 0.246. The van der Waals surface area contributed by atoms with E-state index in [0.717, 1.165) is 0 Å². The topological polar surface area (TPSA) is 109 Å². The highest BCUT2D eigenvalue weighted by Gasteiger charge is 2.72. The van der Waals surface area contributed by atoms with Crippen molar-refractivity contribution in [3.8, 4) is 11.5 Å². The summed E-state index contributed by atoms with van der Waals surface area (Å²) in [6.07, 6.45) is 7.10. The molecule has 6 rings (SSSR count). The van der Waals surface area contributed by atoms with Gasteiger partial charge in [-0.15, -0.1) is 0 Å². The number of amides is 3. The molecule has 4 heterocycles. The average Bonchev–Trinajstić information content (AvgIpc) is 3.34. The van der Waals surface area contributed by atoms with E-state index in [4.69, 9.17) is 14.2 Å². The zero-order chi connectivity index (χ0) is 30.3. The molecule has 10 nitrogen and oxygen atoms in total. The first-order valence-electron chi connectivity index (χ1n) is 14.8. The van der Waals surface area contributed by atoms with Crippen molar-refractivity contribution in [2.75, 3.05) is 43.2 Å². The summed E-state index contributed by atoms with van der Waals surface area (Å²) in [6.45, 7) is 4.56. The molecule has 226 valence electrons. The van der Waals surface area contributed by atoms with E-state index in [1.165, 1.54) is 4.90 Å². The Labute approximate surface area is 251 Å². The number of nitrogens with zero attached hydrogens (tertiary/aromatic N) is 3. The number of hydrogen-bond acceptors (Lipinski definition) is 7. The smallest absolute Gasteiger partial charge is 0.253 e. The molecule has 4 aliphatic rings. The summed E-state index contributed by atoms with van der Waals surface area (Å²) in [4.78, 5) is 48.1. The highest BCUT2D eigenvalue weighted by atomic mass is 16.5. The van der Waals surface area contributed by atoms with Gasteiger partial charge in [0.1, 0.15) is 23.1 Å². The lowest BCUT2D eigenvalue weighted by atomic mass is 9.77. The van der Waals surface area contributed by atoms with Crippen LogP contribution in [-0.4, -0.2) is 84.9 Å². The minimum Gasteiger partial charge on any atom is -0.497 e. The summed E-state index contributed by atoms with van der Waals surface area (Å²) in [5, 5.41) is 10.3. The first-order chi connectivity index (χ1) is 20.9. The molecule has 1 unspecified atom stereocenters. The van der Waals surface area contributed by atoms with Crippen molar-refractivity contribution in [2.45, 2.75) is 44.1 Å². The Hall–Kier alpha value is -4.15. The van der Waals surface area contributed by atoms with Gasteiger partial charge >= 0.3 is 0 Å². The van der Waals surface area contributed by atoms with Gasteiger partial charge in [-0.3, -0.25) is 14.4 Å². The van der Waals surface area contributed by atoms with Crippen molar-refractivity contribution in [2.24, 2.45) is 11.8 Å². The molecule has 0 aliphatic carbocycles. The van der Waals surface area contributed by atoms with Crippen LogP contribution < -0.4 is 19.3 Å². The number of anilines is 2. The highest BCUT2D eigenvalue weighted by molar-refractivity contribution is 6.07. The summed E-state index contributed by atoms with van der Waals surface area (Å²) >= 11 is 0. The van der Waals surface area contributed by atoms with E-state index >= 15 is 0 Å². The number of rotatable bonds is 8. The lowest BCUT2D eigenvalue weighted by Crippen LogP contribution is -2.58. The molecule has 0 radical (unpaired) electrons. The van der Waals surface area contributed by atoms with Crippen LogP contribution in [0.5, 0.6) is 11.5 Å². The predicted molar refractivity (Wildman–Crippen MR) is 160 cm³/mol. The number of fused-ring (bicyclic) bond motifs is 2. The van der Waals surface area contributed by atoms with Crippen molar-refractivity contribution >= 4 is 29.1 Å². The Kier molecular flexibility index (Phi) is 7.74. The van der Waals surface area contributed by atoms with Gasteiger partial charge in [-0.1, -0.05) is 31.2 Å². The fourth-order valence-electron chi connectivity index (χ4n) is 7.00. The molecule has 2 aromatic rings. The van der Waals surface area contributed by atoms with Crippen LogP contribution in [0.1, 0.15) is 20.3 Å². The third kappa shape index (κ3) is 4.60. The maximum atomic E-state index is 14.5. The third-order valence-electron chi connectivity index (χ3n) is 9.02. The van der Waals surface area contributed by atoms with Gasteiger partial charge in [-0.05, 0) is 61.9 Å². The van der Waals surface area contributed by atoms with Crippen LogP contribution in [-0.2, 0) is 19.1 Å². The largest absolute Gasteiger partial charge is 0.497 e. The second-order valence-electron chi connectivity index (χ2n) is 11.2. The number of methoxy groups -OCH3 is 1. The Morgan fingerprint density at radius 3 is 2.14 bits per heavy atom. The van der Waals surface area contributed by atoms with Crippen LogP contribution >= 0.6 is 0 Å². The first-order valence-corrected chi connectivity index (χ1v) is 14.8. The van der Waals surface area contributed by atoms with Crippen LogP contribution in [0.15, 0.2) is 72.8 Å². The summed E-state index contributed by atoms with van der Waals surface area (Å²) in [5.41, 5.74) is -0.0569. The van der Waals surface area contributed by atoms with E-state index in [2.05, 4.69) is 0 Å². The molecule has 0 saturated carbocycles. The Bertz CT molecular complexity index is 1440. The summed E-state index contributed by atoms with van der Waals surface area (Å²) < 4.78 is 17.6. The van der Waals surface area contributed by atoms with Crippen LogP contribution in [0.3, 0.4) is 0 Å². The monoisotopic (exact) mass is 587 g/mol. The fourth-order valence-corrected chi connectivity index (χ4v) is 7.00. The van der Waals surface area contributed by atoms with Crippen molar-refractivity contribution in [1.82, 2.24) is 4.90 Å². The maximum absolute atomic E-state index is 14.5. The van der Waals surface area contributed by atoms with E-state index in [9.17, 15) is 19.5 Å². The van der Waals surface area contributed by atoms with Gasteiger partial charge in [0.05, 0.1) is 44.3 Å². The number of likely N-dealkylation sites (tertiary alicyclic amines) is 1. The van der Waals surface area contributed by atoms with Gasteiger partial charge in [0, 0.05) is 24.5 Å². The first kappa shape index (κ1) is 28.9. The number of carbonyl (C=O) groups is 3. The van der Waals surface area contributed by atoms with E-state index < -0.39 is 35.6 Å². The van der Waals surface area contributed by atoms with Crippen LogP contribution in [0.4, 0.5) is 11.4 Å². The molecular formula is C33H37N3O7. The summed E-state index contributed by atoms with van der Waals surface area (Å²) in [7, 11) is 1.58. The highest BCUT2D eigenvalue weighted by Crippen LogP contribution is 2.54. The molecule has 3 amide bonds. The molecule has 6 atom stereocenters. The van der Waals surface area contributed by atoms with E-state index in [1.54, 1.807) is 41.2 Å². The third-order valence-corrected chi connectivity index (χ3v) is 9.02. The Balaban J connectivity index is 1.41. The van der Waals surface area contributed by atoms with Crippen LogP contribution in [0.25, 0.3) is 0 Å². The van der Waals surface area contributed by atoms with E-state index in [1.807, 2.05) is 62.4 Å². The normalized spacial score (nSPS) is 28.7. The number of aliphatic hydroxyl groups is 1. The summed E-state index contributed by atoms with van der Waals surface area (Å²) in [5.74, 6) is -1.37. The minimum atomic E-state index is -1.38. The zero-order valence-corrected chi connectivity index (χ0v) is 24.6. The van der Waals surface area contributed by atoms with Gasteiger partial charge in [0.25, 0.3) is 5.91 Å². The molecular weight excluding hydrogens is 550 g/mol. The Morgan fingerprint density at radius 2 is 1.53 bits per heavy atom. The molecule has 2 fully saturated rings. The molecule has 10 heteroatoms. The lowest BCUT2D eigenvalue weighted by molar-refractivity contribution is -0.144. The van der Waals surface area contributed by atoms with Crippen molar-refractivity contribution in [3.05, 3.63) is 72.8 Å². The van der Waals surface area contributed by atoms with Crippen molar-refractivity contribution in [3.63, 3.8) is 0 Å². The summed E-state index contributed by atoms with van der Waals surface area (Å²) in [6, 6.07) is 12.8. The molecule has 43 heavy (non-hydrogen) atoms. The van der Waals surface area contributed by atoms with Gasteiger partial charge in [0.15, 0.2) is 0 Å². The van der Waals surface area contributed by atoms with Crippen LogP contribution in [0, 0.1) is 11.8 Å². The standard InChI is InChI=1S/C33H37N3O7/c1-4-21(20-37)36-29-32(40)35(23-9-13-24(41-3)14-10-23)19-7-17-33(29)28(31(36)39)27-26(43-33)8-6-18-34(30(27)38)22-11-15-25(16-12-22)42-5-2/h6-17,21,26-29,37H,4-5,18-20H2,1-3H3/t21-,26+,27-,28-,29?,33-/m0/s1. The van der Waals surface area contributed by atoms with Gasteiger partial charge in [0.2, 0.25) is 11.8 Å². The molecule has 1 N–H and O–H groups in total. The quantitative estimate of drug-likeness (QED) is 0.473. The van der Waals surface area contributed by atoms with Gasteiger partial charge in [-0.25, -0.2) is 0 Å². The van der Waals surface area contributed by atoms with Gasteiger partial charge < -0.3 is 34.0 Å². The number of aliphatic hydroxyl groups excluding tert-OH is 1. The number of ether oxygens (including phenoxy) is 3. The second kappa shape index (κ2) is 11.5. The van der Waals surface area contributed by atoms with E-state index in [-0.39, 0.29) is 30.9 Å². The van der Waals surface area contributed by atoms with Crippen LogP contribution in [0.2, 0.25) is 0 Å². The molecule has 1 spiro atoms. The second-order valence-corrected chi connectivity index (χ2v) is 11.2. The molecule has 2 aromatic carbocycles. The number of hydrogen-bond donors (Lipinski definition) is 1. The zero-order valence-electron chi connectivity index (χ0n) is 24.6. The van der Waals surface area contributed by atoms with Crippen molar-refractivity contribution < 1.29 is 33.7 Å². The maximum Gasteiger partial charge on any atom is 0.253 e. The lowest BCUT2D eigenvalue weighted by Gasteiger charge is -2.38. The average molecular weight is 588 g/mol. The van der Waals surface area contributed by atoms with Crippen molar-refractivity contribution in [1.29, 1.82) is 0 Å². The number of benzene rings is 2. The molecule has 2 saturated heterocycles. The fraction of sp³-hybridized carbons (Fsp3) is 0.424. The molecule has 0 aromatic heterocycles. The van der Waals surface area contributed by atoms with E-state index in [0.29, 0.717) is 42.4 Å². The van der Waals surface area contributed by atoms with Gasteiger partial charge in [-0.2, -0.15) is 0 Å². The molecule has 4 aliphatic heterocycles. The predicted octanol–water partition coefficient (Wildman–Crippen LogP) is 2.95. The molecule has 0 bridgehead atoms. The Morgan fingerprint density at radius 1 is 0.907 bits per heavy atom. The number of carbonyl (C=O) groups excluding carboxylic acids is 3. The SMILES string of the molecule is CCOc1ccc(N2CC=C[C@H]3O[C@]45C=CCN(c6ccc(OC)cc6)C(=O)C4N([C@@H](CC)CO)C(=O)[C@@H]5[C@H]3C2=O)cc1.